The van der Waals surface area contributed by atoms with Gasteiger partial charge in [-0.2, -0.15) is 0 Å². The van der Waals surface area contributed by atoms with E-state index in [1.165, 1.54) is 24.3 Å². The second-order valence-corrected chi connectivity index (χ2v) is 4.79. The van der Waals surface area contributed by atoms with Gasteiger partial charge in [0.05, 0.1) is 0 Å². The van der Waals surface area contributed by atoms with Crippen LogP contribution < -0.4 is 5.43 Å². The number of phenolic OH excluding ortho intramolecular Hbond substituents is 3. The van der Waals surface area contributed by atoms with Crippen LogP contribution >= 0.6 is 0 Å². The Morgan fingerprint density at radius 3 is 2.29 bits per heavy atom. The molecule has 3 N–H and O–H groups in total. The molecule has 1 heterocycles. The maximum atomic E-state index is 12.1. The minimum atomic E-state index is -0.476. The van der Waals surface area contributed by atoms with Crippen LogP contribution in [0.2, 0.25) is 0 Å². The molecule has 0 radical (unpaired) electrons. The van der Waals surface area contributed by atoms with Crippen molar-refractivity contribution in [3.63, 3.8) is 0 Å². The van der Waals surface area contributed by atoms with Crippen LogP contribution in [0.3, 0.4) is 0 Å². The summed E-state index contributed by atoms with van der Waals surface area (Å²) in [5.74, 6) is -0.375. The first-order valence-corrected chi connectivity index (χ1v) is 6.26. The van der Waals surface area contributed by atoms with Crippen LogP contribution in [0, 0.1) is 6.92 Å². The first kappa shape index (κ1) is 13.1. The Morgan fingerprint density at radius 1 is 0.952 bits per heavy atom. The molecule has 0 aliphatic heterocycles. The van der Waals surface area contributed by atoms with Gasteiger partial charge in [0.15, 0.2) is 16.9 Å². The third kappa shape index (κ3) is 2.08. The summed E-state index contributed by atoms with van der Waals surface area (Å²) in [6.45, 7) is 1.60. The van der Waals surface area contributed by atoms with Crippen LogP contribution in [0.1, 0.15) is 5.56 Å². The zero-order valence-electron chi connectivity index (χ0n) is 11.1. The van der Waals surface area contributed by atoms with Gasteiger partial charge in [0.1, 0.15) is 22.5 Å². The molecule has 21 heavy (non-hydrogen) atoms. The van der Waals surface area contributed by atoms with Gasteiger partial charge in [0, 0.05) is 11.6 Å². The SMILES string of the molecule is Cc1cc2oc(-c3ccc(O)cc3)cc(=O)c2c(O)c1O. The van der Waals surface area contributed by atoms with Crippen LogP contribution in [0.15, 0.2) is 45.6 Å². The van der Waals surface area contributed by atoms with Gasteiger partial charge in [-0.3, -0.25) is 4.79 Å². The van der Waals surface area contributed by atoms with Gasteiger partial charge in [0.25, 0.3) is 0 Å². The van der Waals surface area contributed by atoms with E-state index < -0.39 is 11.2 Å². The quantitative estimate of drug-likeness (QED) is 0.598. The molecule has 2 aromatic carbocycles. The van der Waals surface area contributed by atoms with Gasteiger partial charge in [0.2, 0.25) is 0 Å². The molecule has 3 rings (SSSR count). The fourth-order valence-electron chi connectivity index (χ4n) is 2.18. The molecule has 0 amide bonds. The van der Waals surface area contributed by atoms with E-state index in [4.69, 9.17) is 4.42 Å². The first-order chi connectivity index (χ1) is 9.97. The van der Waals surface area contributed by atoms with Gasteiger partial charge in [-0.25, -0.2) is 0 Å². The Bertz CT molecular complexity index is 891. The standard InChI is InChI=1S/C16H12O5/c1-8-6-13-14(16(20)15(8)19)11(18)7-12(21-13)9-2-4-10(17)5-3-9/h2-7,17,19-20H,1H3. The Morgan fingerprint density at radius 2 is 1.62 bits per heavy atom. The van der Waals surface area contributed by atoms with E-state index in [2.05, 4.69) is 0 Å². The lowest BCUT2D eigenvalue weighted by Crippen LogP contribution is -2.01. The van der Waals surface area contributed by atoms with Gasteiger partial charge < -0.3 is 19.7 Å². The van der Waals surface area contributed by atoms with Crippen molar-refractivity contribution in [2.75, 3.05) is 0 Å². The van der Waals surface area contributed by atoms with Crippen molar-refractivity contribution >= 4 is 11.0 Å². The number of hydrogen-bond acceptors (Lipinski definition) is 5. The number of hydrogen-bond donors (Lipinski definition) is 3. The summed E-state index contributed by atoms with van der Waals surface area (Å²) in [6.07, 6.45) is 0. The van der Waals surface area contributed by atoms with Crippen molar-refractivity contribution in [3.05, 3.63) is 52.2 Å². The summed E-state index contributed by atoms with van der Waals surface area (Å²) < 4.78 is 5.63. The highest BCUT2D eigenvalue weighted by Crippen LogP contribution is 2.36. The highest BCUT2D eigenvalue weighted by Gasteiger charge is 2.15. The van der Waals surface area contributed by atoms with Gasteiger partial charge in [-0.05, 0) is 42.8 Å². The molecular formula is C16H12O5. The van der Waals surface area contributed by atoms with E-state index in [-0.39, 0.29) is 22.5 Å². The lowest BCUT2D eigenvalue weighted by atomic mass is 10.1. The smallest absolute Gasteiger partial charge is 0.197 e. The van der Waals surface area contributed by atoms with Crippen LogP contribution in [0.25, 0.3) is 22.3 Å². The zero-order chi connectivity index (χ0) is 15.1. The lowest BCUT2D eigenvalue weighted by molar-refractivity contribution is 0.404. The van der Waals surface area contributed by atoms with Gasteiger partial charge >= 0.3 is 0 Å². The van der Waals surface area contributed by atoms with Crippen LogP contribution in [0.5, 0.6) is 17.2 Å². The van der Waals surface area contributed by atoms with Crippen molar-refractivity contribution in [2.45, 2.75) is 6.92 Å². The number of fused-ring (bicyclic) bond motifs is 1. The van der Waals surface area contributed by atoms with Crippen LogP contribution in [0.4, 0.5) is 0 Å². The van der Waals surface area contributed by atoms with Crippen molar-refractivity contribution in [1.82, 2.24) is 0 Å². The Labute approximate surface area is 119 Å². The molecule has 0 saturated heterocycles. The summed E-state index contributed by atoms with van der Waals surface area (Å²) in [5, 5.41) is 28.8. The summed E-state index contributed by atoms with van der Waals surface area (Å²) in [4.78, 5) is 12.1. The molecule has 5 heteroatoms. The molecule has 3 aromatic rings. The highest BCUT2D eigenvalue weighted by molar-refractivity contribution is 5.88. The first-order valence-electron chi connectivity index (χ1n) is 6.26. The second-order valence-electron chi connectivity index (χ2n) is 4.79. The van der Waals surface area contributed by atoms with Crippen molar-refractivity contribution in [2.24, 2.45) is 0 Å². The maximum absolute atomic E-state index is 12.1. The van der Waals surface area contributed by atoms with E-state index in [0.29, 0.717) is 16.9 Å². The molecule has 0 fully saturated rings. The second kappa shape index (κ2) is 4.56. The third-order valence-electron chi connectivity index (χ3n) is 3.31. The fraction of sp³-hybridized carbons (Fsp3) is 0.0625. The number of aryl methyl sites for hydroxylation is 1. The molecule has 0 saturated carbocycles. The van der Waals surface area contributed by atoms with Crippen LogP contribution in [-0.4, -0.2) is 15.3 Å². The average Bonchev–Trinajstić information content (AvgIpc) is 2.45. The third-order valence-corrected chi connectivity index (χ3v) is 3.31. The fourth-order valence-corrected chi connectivity index (χ4v) is 2.18. The molecule has 5 nitrogen and oxygen atoms in total. The minimum absolute atomic E-state index is 0.0550. The van der Waals surface area contributed by atoms with E-state index in [1.54, 1.807) is 19.1 Å². The predicted molar refractivity (Wildman–Crippen MR) is 77.7 cm³/mol. The maximum Gasteiger partial charge on any atom is 0.197 e. The molecule has 0 atom stereocenters. The summed E-state index contributed by atoms with van der Waals surface area (Å²) in [6, 6.07) is 8.94. The van der Waals surface area contributed by atoms with Crippen molar-refractivity contribution in [3.8, 4) is 28.6 Å². The molecule has 0 spiro atoms. The summed E-state index contributed by atoms with van der Waals surface area (Å²) in [7, 11) is 0. The number of benzene rings is 2. The molecular weight excluding hydrogens is 272 g/mol. The van der Waals surface area contributed by atoms with E-state index >= 15 is 0 Å². The topological polar surface area (TPSA) is 90.9 Å². The summed E-state index contributed by atoms with van der Waals surface area (Å²) >= 11 is 0. The van der Waals surface area contributed by atoms with E-state index in [9.17, 15) is 20.1 Å². The summed E-state index contributed by atoms with van der Waals surface area (Å²) in [5.41, 5.74) is 0.772. The Kier molecular flexibility index (Phi) is 2.83. The van der Waals surface area contributed by atoms with Crippen LogP contribution in [-0.2, 0) is 0 Å². The molecule has 1 aromatic heterocycles. The predicted octanol–water partition coefficient (Wildman–Crippen LogP) is 2.89. The monoisotopic (exact) mass is 284 g/mol. The number of phenols is 3. The van der Waals surface area contributed by atoms with E-state index in [0.717, 1.165) is 0 Å². The number of aromatic hydroxyl groups is 3. The molecule has 0 aliphatic rings. The van der Waals surface area contributed by atoms with Crippen molar-refractivity contribution in [1.29, 1.82) is 0 Å². The highest BCUT2D eigenvalue weighted by atomic mass is 16.3. The molecule has 106 valence electrons. The van der Waals surface area contributed by atoms with Gasteiger partial charge in [-0.1, -0.05) is 0 Å². The number of rotatable bonds is 1. The Balaban J connectivity index is 2.31. The van der Waals surface area contributed by atoms with Crippen molar-refractivity contribution < 1.29 is 19.7 Å². The van der Waals surface area contributed by atoms with Gasteiger partial charge in [-0.15, -0.1) is 0 Å². The average molecular weight is 284 g/mol. The molecule has 0 aliphatic carbocycles. The van der Waals surface area contributed by atoms with E-state index in [1.807, 2.05) is 0 Å². The Hall–Kier alpha value is -2.95. The minimum Gasteiger partial charge on any atom is -0.508 e. The normalized spacial score (nSPS) is 10.9. The zero-order valence-corrected chi connectivity index (χ0v) is 11.1. The lowest BCUT2D eigenvalue weighted by Gasteiger charge is -2.07. The molecule has 0 bridgehead atoms. The molecule has 0 unspecified atom stereocenters. The largest absolute Gasteiger partial charge is 0.508 e.